The van der Waals surface area contributed by atoms with Gasteiger partial charge in [0.2, 0.25) is 0 Å². The highest BCUT2D eigenvalue weighted by Gasteiger charge is 2.12. The molecule has 1 aromatic rings. The van der Waals surface area contributed by atoms with Crippen molar-refractivity contribution in [3.63, 3.8) is 0 Å². The number of carbonyl (C=O) groups is 1. The summed E-state index contributed by atoms with van der Waals surface area (Å²) < 4.78 is 26.2. The minimum Gasteiger partial charge on any atom is -0.506 e. The number of benzene rings is 1. The zero-order valence-corrected chi connectivity index (χ0v) is 9.08. The summed E-state index contributed by atoms with van der Waals surface area (Å²) in [7, 11) is -2.54. The Hall–Kier alpha value is -1.80. The Morgan fingerprint density at radius 2 is 2.00 bits per heavy atom. The van der Waals surface area contributed by atoms with Gasteiger partial charge in [-0.25, -0.2) is 9.52 Å². The first-order valence-electron chi connectivity index (χ1n) is 4.13. The molecule has 0 fully saturated rings. The number of phenols is 1. The second-order valence-corrected chi connectivity index (χ2v) is 4.47. The Morgan fingerprint density at radius 1 is 1.38 bits per heavy atom. The molecule has 16 heavy (non-hydrogen) atoms. The van der Waals surface area contributed by atoms with Crippen molar-refractivity contribution >= 4 is 21.9 Å². The van der Waals surface area contributed by atoms with Gasteiger partial charge < -0.3 is 10.2 Å². The van der Waals surface area contributed by atoms with Crippen LogP contribution >= 0.6 is 0 Å². The summed E-state index contributed by atoms with van der Waals surface area (Å²) >= 11 is 0. The van der Waals surface area contributed by atoms with Gasteiger partial charge >= 0.3 is 5.97 Å². The number of phenolic OH excluding ortho intramolecular Hbond substituents is 1. The van der Waals surface area contributed by atoms with Crippen molar-refractivity contribution in [1.82, 2.24) is 4.72 Å². The molecule has 8 heteroatoms. The van der Waals surface area contributed by atoms with Gasteiger partial charge in [0.25, 0.3) is 10.2 Å². The van der Waals surface area contributed by atoms with Gasteiger partial charge in [0, 0.05) is 7.05 Å². The largest absolute Gasteiger partial charge is 0.506 e. The molecule has 0 aliphatic heterocycles. The summed E-state index contributed by atoms with van der Waals surface area (Å²) in [4.78, 5) is 10.5. The van der Waals surface area contributed by atoms with E-state index in [0.717, 1.165) is 12.1 Å². The molecular weight excluding hydrogens is 236 g/mol. The normalized spacial score (nSPS) is 11.1. The molecular formula is C8H10N2O5S. The molecule has 0 aliphatic rings. The lowest BCUT2D eigenvalue weighted by Crippen LogP contribution is -2.26. The van der Waals surface area contributed by atoms with Crippen molar-refractivity contribution in [2.24, 2.45) is 0 Å². The molecule has 1 aromatic carbocycles. The molecule has 7 nitrogen and oxygen atoms in total. The number of carboxylic acid groups (broad SMARTS) is 1. The Kier molecular flexibility index (Phi) is 3.35. The highest BCUT2D eigenvalue weighted by molar-refractivity contribution is 7.90. The first kappa shape index (κ1) is 12.3. The van der Waals surface area contributed by atoms with Crippen LogP contribution in [0, 0.1) is 0 Å². The van der Waals surface area contributed by atoms with Gasteiger partial charge in [-0.2, -0.15) is 8.42 Å². The number of aromatic hydroxyl groups is 1. The maximum atomic E-state index is 11.1. The third-order valence-corrected chi connectivity index (χ3v) is 2.78. The molecule has 0 radical (unpaired) electrons. The molecule has 0 amide bonds. The van der Waals surface area contributed by atoms with Gasteiger partial charge in [0.05, 0.1) is 11.3 Å². The number of nitrogens with one attached hydrogen (secondary N) is 2. The van der Waals surface area contributed by atoms with E-state index in [1.807, 2.05) is 9.44 Å². The van der Waals surface area contributed by atoms with Gasteiger partial charge in [-0.05, 0) is 18.2 Å². The molecule has 0 heterocycles. The van der Waals surface area contributed by atoms with E-state index in [0.29, 0.717) is 0 Å². The van der Waals surface area contributed by atoms with Gasteiger partial charge in [-0.15, -0.1) is 0 Å². The summed E-state index contributed by atoms with van der Waals surface area (Å²) in [5, 5.41) is 18.0. The molecule has 0 spiro atoms. The predicted octanol–water partition coefficient (Wildman–Crippen LogP) is -0.0335. The molecule has 4 N–H and O–H groups in total. The molecule has 0 aliphatic carbocycles. The summed E-state index contributed by atoms with van der Waals surface area (Å²) in [6.45, 7) is 0. The van der Waals surface area contributed by atoms with E-state index >= 15 is 0 Å². The summed E-state index contributed by atoms with van der Waals surface area (Å²) in [5.41, 5.74) is -0.232. The average molecular weight is 246 g/mol. The molecule has 0 unspecified atom stereocenters. The Bertz CT molecular complexity index is 511. The van der Waals surface area contributed by atoms with Crippen LogP contribution in [0.1, 0.15) is 10.4 Å². The number of aromatic carboxylic acids is 1. The second-order valence-electron chi connectivity index (χ2n) is 2.85. The third-order valence-electron chi connectivity index (χ3n) is 1.76. The quantitative estimate of drug-likeness (QED) is 0.556. The number of rotatable bonds is 4. The van der Waals surface area contributed by atoms with Crippen molar-refractivity contribution in [2.45, 2.75) is 0 Å². The van der Waals surface area contributed by atoms with E-state index in [1.54, 1.807) is 0 Å². The zero-order valence-electron chi connectivity index (χ0n) is 8.26. The third kappa shape index (κ3) is 2.84. The van der Waals surface area contributed by atoms with E-state index in [4.69, 9.17) is 5.11 Å². The molecule has 0 saturated heterocycles. The Morgan fingerprint density at radius 3 is 2.44 bits per heavy atom. The van der Waals surface area contributed by atoms with Gasteiger partial charge in [0.1, 0.15) is 5.75 Å². The minimum absolute atomic E-state index is 0.0978. The summed E-state index contributed by atoms with van der Waals surface area (Å²) in [5.74, 6) is -1.67. The van der Waals surface area contributed by atoms with Crippen LogP contribution in [0.25, 0.3) is 0 Å². The number of hydrogen-bond donors (Lipinski definition) is 4. The summed E-state index contributed by atoms with van der Waals surface area (Å²) in [6, 6.07) is 3.29. The first-order chi connectivity index (χ1) is 7.35. The van der Waals surface area contributed by atoms with E-state index in [9.17, 15) is 18.3 Å². The van der Waals surface area contributed by atoms with Crippen LogP contribution in [0.15, 0.2) is 18.2 Å². The molecule has 0 saturated carbocycles. The number of anilines is 1. The van der Waals surface area contributed by atoms with Crippen LogP contribution in [0.5, 0.6) is 5.75 Å². The molecule has 88 valence electrons. The molecule has 1 rings (SSSR count). The Labute approximate surface area is 91.9 Å². The maximum Gasteiger partial charge on any atom is 0.335 e. The van der Waals surface area contributed by atoms with Gasteiger partial charge in [0.15, 0.2) is 0 Å². The Balaban J connectivity index is 3.05. The second kappa shape index (κ2) is 4.37. The fourth-order valence-electron chi connectivity index (χ4n) is 0.947. The predicted molar refractivity (Wildman–Crippen MR) is 56.7 cm³/mol. The van der Waals surface area contributed by atoms with E-state index in [1.165, 1.54) is 13.1 Å². The fraction of sp³-hybridized carbons (Fsp3) is 0.125. The maximum absolute atomic E-state index is 11.1. The highest BCUT2D eigenvalue weighted by Crippen LogP contribution is 2.24. The minimum atomic E-state index is -3.74. The van der Waals surface area contributed by atoms with Crippen LogP contribution in [0.3, 0.4) is 0 Å². The highest BCUT2D eigenvalue weighted by atomic mass is 32.2. The number of carboxylic acids is 1. The standard InChI is InChI=1S/C8H10N2O5S/c1-9-16(14,15)10-6-3-2-5(8(12)13)4-7(6)11/h2-4,9-11H,1H3,(H,12,13). The van der Waals surface area contributed by atoms with Crippen molar-refractivity contribution in [2.75, 3.05) is 11.8 Å². The molecule has 0 atom stereocenters. The lowest BCUT2D eigenvalue weighted by atomic mass is 10.2. The fourth-order valence-corrected chi connectivity index (χ4v) is 1.51. The van der Waals surface area contributed by atoms with Crippen LogP contribution in [-0.4, -0.2) is 31.6 Å². The SMILES string of the molecule is CNS(=O)(=O)Nc1ccc(C(=O)O)cc1O. The van der Waals surface area contributed by atoms with E-state index < -0.39 is 21.9 Å². The lowest BCUT2D eigenvalue weighted by molar-refractivity contribution is 0.0696. The van der Waals surface area contributed by atoms with Crippen LogP contribution in [0.2, 0.25) is 0 Å². The van der Waals surface area contributed by atoms with Crippen molar-refractivity contribution in [1.29, 1.82) is 0 Å². The van der Waals surface area contributed by atoms with Crippen LogP contribution in [0.4, 0.5) is 5.69 Å². The zero-order chi connectivity index (χ0) is 12.3. The van der Waals surface area contributed by atoms with E-state index in [2.05, 4.69) is 0 Å². The molecule has 0 aromatic heterocycles. The monoisotopic (exact) mass is 246 g/mol. The van der Waals surface area contributed by atoms with Gasteiger partial charge in [-0.1, -0.05) is 0 Å². The average Bonchev–Trinajstić information content (AvgIpc) is 2.20. The van der Waals surface area contributed by atoms with Crippen LogP contribution < -0.4 is 9.44 Å². The number of hydrogen-bond acceptors (Lipinski definition) is 4. The smallest absolute Gasteiger partial charge is 0.335 e. The van der Waals surface area contributed by atoms with Crippen LogP contribution in [-0.2, 0) is 10.2 Å². The van der Waals surface area contributed by atoms with Crippen molar-refractivity contribution < 1.29 is 23.4 Å². The first-order valence-corrected chi connectivity index (χ1v) is 5.61. The van der Waals surface area contributed by atoms with Gasteiger partial charge in [-0.3, -0.25) is 4.72 Å². The van der Waals surface area contributed by atoms with Crippen molar-refractivity contribution in [3.8, 4) is 5.75 Å². The molecule has 0 bridgehead atoms. The lowest BCUT2D eigenvalue weighted by Gasteiger charge is -2.08. The van der Waals surface area contributed by atoms with E-state index in [-0.39, 0.29) is 11.3 Å². The summed E-state index contributed by atoms with van der Waals surface area (Å²) in [6.07, 6.45) is 0. The topological polar surface area (TPSA) is 116 Å². The van der Waals surface area contributed by atoms with Crippen molar-refractivity contribution in [3.05, 3.63) is 23.8 Å².